The summed E-state index contributed by atoms with van der Waals surface area (Å²) in [5.41, 5.74) is -3.88. The minimum atomic E-state index is -2.62. The highest BCUT2D eigenvalue weighted by atomic mass is 19.1. The molecule has 32 heavy (non-hydrogen) atoms. The van der Waals surface area contributed by atoms with E-state index in [1.807, 2.05) is 0 Å². The van der Waals surface area contributed by atoms with E-state index in [2.05, 4.69) is 6.58 Å². The third kappa shape index (κ3) is 6.19. The predicted octanol–water partition coefficient (Wildman–Crippen LogP) is 1.25. The Balaban J connectivity index is 2.54. The molecule has 176 valence electrons. The summed E-state index contributed by atoms with van der Waals surface area (Å²) >= 11 is 0. The van der Waals surface area contributed by atoms with Crippen molar-refractivity contribution in [2.75, 3.05) is 6.61 Å². The molecule has 0 bridgehead atoms. The summed E-state index contributed by atoms with van der Waals surface area (Å²) in [5.74, 6) is -1.20. The van der Waals surface area contributed by atoms with Crippen LogP contribution in [0.2, 0.25) is 0 Å². The average molecular weight is 452 g/mol. The molecule has 8 heteroatoms. The second-order valence-corrected chi connectivity index (χ2v) is 8.44. The average Bonchev–Trinajstić information content (AvgIpc) is 2.71. The largest absolute Gasteiger partial charge is 0.394 e. The van der Waals surface area contributed by atoms with Crippen LogP contribution < -0.4 is 0 Å². The minimum Gasteiger partial charge on any atom is -0.394 e. The van der Waals surface area contributed by atoms with Crippen molar-refractivity contribution in [1.29, 1.82) is 0 Å². The molecule has 6 nitrogen and oxygen atoms in total. The van der Waals surface area contributed by atoms with Crippen molar-refractivity contribution in [2.24, 2.45) is 0 Å². The zero-order valence-electron chi connectivity index (χ0n) is 17.8. The Bertz CT molecular complexity index is 923. The molecule has 0 amide bonds. The molecule has 2 aromatic rings. The lowest BCUT2D eigenvalue weighted by atomic mass is 9.71. The summed E-state index contributed by atoms with van der Waals surface area (Å²) in [6.07, 6.45) is -7.23. The number of aliphatic hydroxyl groups excluding tert-OH is 4. The summed E-state index contributed by atoms with van der Waals surface area (Å²) in [4.78, 5) is 0. The van der Waals surface area contributed by atoms with Gasteiger partial charge in [-0.3, -0.25) is 0 Å². The number of hydrogen-bond donors (Lipinski definition) is 6. The second-order valence-electron chi connectivity index (χ2n) is 8.44. The molecule has 0 heterocycles. The number of benzene rings is 2. The molecule has 0 aliphatic rings. The summed E-state index contributed by atoms with van der Waals surface area (Å²) < 4.78 is 27.4. The second kappa shape index (κ2) is 10.6. The van der Waals surface area contributed by atoms with E-state index >= 15 is 0 Å². The van der Waals surface area contributed by atoms with E-state index in [1.54, 1.807) is 6.92 Å². The maximum atomic E-state index is 13.7. The van der Waals surface area contributed by atoms with Crippen LogP contribution in [0.5, 0.6) is 0 Å². The Morgan fingerprint density at radius 2 is 1.44 bits per heavy atom. The topological polar surface area (TPSA) is 121 Å². The monoisotopic (exact) mass is 452 g/mol. The van der Waals surface area contributed by atoms with Crippen molar-refractivity contribution >= 4 is 0 Å². The Morgan fingerprint density at radius 3 is 1.88 bits per heavy atom. The number of aliphatic hydroxyl groups is 6. The van der Waals surface area contributed by atoms with E-state index in [1.165, 1.54) is 36.4 Å². The molecule has 0 spiro atoms. The maximum absolute atomic E-state index is 13.7. The molecule has 1 unspecified atom stereocenters. The van der Waals surface area contributed by atoms with Gasteiger partial charge in [-0.15, -0.1) is 6.58 Å². The van der Waals surface area contributed by atoms with E-state index in [-0.39, 0.29) is 18.4 Å². The van der Waals surface area contributed by atoms with Gasteiger partial charge in [0.25, 0.3) is 0 Å². The van der Waals surface area contributed by atoms with Gasteiger partial charge in [0.05, 0.1) is 6.61 Å². The van der Waals surface area contributed by atoms with Gasteiger partial charge in [-0.05, 0) is 48.7 Å². The first kappa shape index (κ1) is 26.1. The van der Waals surface area contributed by atoms with Crippen LogP contribution >= 0.6 is 0 Å². The van der Waals surface area contributed by atoms with Crippen molar-refractivity contribution in [3.05, 3.63) is 83.4 Å². The minimum absolute atomic E-state index is 0.166. The number of rotatable bonds is 11. The fourth-order valence-electron chi connectivity index (χ4n) is 4.01. The molecule has 0 aliphatic heterocycles. The molecular formula is C24H30F2O6. The van der Waals surface area contributed by atoms with Gasteiger partial charge in [0.1, 0.15) is 41.1 Å². The molecule has 0 fully saturated rings. The van der Waals surface area contributed by atoms with E-state index in [0.29, 0.717) is 11.1 Å². The van der Waals surface area contributed by atoms with Crippen LogP contribution in [-0.2, 0) is 12.8 Å². The highest BCUT2D eigenvalue weighted by Crippen LogP contribution is 2.36. The van der Waals surface area contributed by atoms with E-state index in [9.17, 15) is 39.4 Å². The number of hydrogen-bond acceptors (Lipinski definition) is 6. The maximum Gasteiger partial charge on any atom is 0.126 e. The summed E-state index contributed by atoms with van der Waals surface area (Å²) in [5, 5.41) is 64.0. The Labute approximate surface area is 185 Å². The van der Waals surface area contributed by atoms with Gasteiger partial charge in [-0.25, -0.2) is 8.78 Å². The van der Waals surface area contributed by atoms with Gasteiger partial charge in [0.2, 0.25) is 0 Å². The molecule has 2 rings (SSSR count). The lowest BCUT2D eigenvalue weighted by Crippen LogP contribution is -2.66. The van der Waals surface area contributed by atoms with Crippen LogP contribution in [0.25, 0.3) is 0 Å². The highest BCUT2D eigenvalue weighted by Gasteiger charge is 2.54. The van der Waals surface area contributed by atoms with E-state index in [0.717, 1.165) is 12.1 Å². The van der Waals surface area contributed by atoms with Crippen molar-refractivity contribution < 1.29 is 39.4 Å². The zero-order valence-corrected chi connectivity index (χ0v) is 17.8. The molecule has 5 atom stereocenters. The first-order valence-electron chi connectivity index (χ1n) is 10.1. The van der Waals surface area contributed by atoms with E-state index < -0.39 is 54.2 Å². The van der Waals surface area contributed by atoms with Crippen molar-refractivity contribution in [2.45, 2.75) is 55.7 Å². The van der Waals surface area contributed by atoms with Gasteiger partial charge in [0, 0.05) is 12.8 Å². The fourth-order valence-corrected chi connectivity index (χ4v) is 4.01. The smallest absolute Gasteiger partial charge is 0.126 e. The van der Waals surface area contributed by atoms with Crippen LogP contribution in [0.3, 0.4) is 0 Å². The van der Waals surface area contributed by atoms with Crippen LogP contribution in [0.15, 0.2) is 60.7 Å². The highest BCUT2D eigenvalue weighted by molar-refractivity contribution is 5.25. The van der Waals surface area contributed by atoms with Crippen LogP contribution in [-0.4, -0.2) is 66.8 Å². The van der Waals surface area contributed by atoms with Crippen LogP contribution in [0, 0.1) is 11.6 Å². The Hall–Kier alpha value is -2.20. The summed E-state index contributed by atoms with van der Waals surface area (Å²) in [6.45, 7) is 4.36. The van der Waals surface area contributed by atoms with Gasteiger partial charge in [-0.2, -0.15) is 0 Å². The van der Waals surface area contributed by atoms with Gasteiger partial charge >= 0.3 is 0 Å². The summed E-state index contributed by atoms with van der Waals surface area (Å²) in [7, 11) is 0. The quantitative estimate of drug-likeness (QED) is 0.286. The molecular weight excluding hydrogens is 422 g/mol. The lowest BCUT2D eigenvalue weighted by molar-refractivity contribution is -0.228. The first-order valence-corrected chi connectivity index (χ1v) is 10.1. The predicted molar refractivity (Wildman–Crippen MR) is 115 cm³/mol. The van der Waals surface area contributed by atoms with Gasteiger partial charge < -0.3 is 30.6 Å². The SMILES string of the molecule is C=C(C)CC(O)(Cc1cccc(F)c1)[C@@H](O)[C@@](O)(Cc1cccc(F)c1)[C@H](O)[C@@H](O)CO. The first-order chi connectivity index (χ1) is 14.9. The molecule has 6 N–H and O–H groups in total. The summed E-state index contributed by atoms with van der Waals surface area (Å²) in [6, 6.07) is 10.3. The van der Waals surface area contributed by atoms with Gasteiger partial charge in [-0.1, -0.05) is 29.8 Å². The molecule has 0 saturated heterocycles. The Morgan fingerprint density at radius 1 is 0.938 bits per heavy atom. The van der Waals surface area contributed by atoms with E-state index in [4.69, 9.17) is 0 Å². The number of halogens is 2. The molecule has 0 radical (unpaired) electrons. The fraction of sp³-hybridized carbons (Fsp3) is 0.417. The van der Waals surface area contributed by atoms with Crippen molar-refractivity contribution in [3.8, 4) is 0 Å². The van der Waals surface area contributed by atoms with Gasteiger partial charge in [0.15, 0.2) is 0 Å². The Kier molecular flexibility index (Phi) is 8.64. The van der Waals surface area contributed by atoms with Crippen molar-refractivity contribution in [3.63, 3.8) is 0 Å². The molecule has 0 aliphatic carbocycles. The van der Waals surface area contributed by atoms with Crippen LogP contribution in [0.4, 0.5) is 8.78 Å². The molecule has 2 aromatic carbocycles. The van der Waals surface area contributed by atoms with Crippen LogP contribution in [0.1, 0.15) is 24.5 Å². The van der Waals surface area contributed by atoms with Crippen molar-refractivity contribution in [1.82, 2.24) is 0 Å². The zero-order chi connectivity index (χ0) is 24.1. The normalized spacial score (nSPS) is 18.3. The molecule has 0 aromatic heterocycles. The standard InChI is InChI=1S/C24H30F2O6/c1-15(2)11-23(31,12-16-5-3-7-18(25)9-16)22(30)24(32,21(29)20(28)14-27)13-17-6-4-8-19(26)10-17/h3-10,20-22,27-32H,1,11-14H2,2H3/t20-,21+,22+,23?,24+/m0/s1. The lowest BCUT2D eigenvalue weighted by Gasteiger charge is -2.46. The third-order valence-electron chi connectivity index (χ3n) is 5.43. The molecule has 0 saturated carbocycles. The third-order valence-corrected chi connectivity index (χ3v) is 5.43.